The average molecular weight is 232 g/mol. The molecule has 1 rings (SSSR count). The molecule has 1 unspecified atom stereocenters. The lowest BCUT2D eigenvalue weighted by molar-refractivity contribution is -0.118. The van der Waals surface area contributed by atoms with Crippen LogP contribution < -0.4 is 10.2 Å². The van der Waals surface area contributed by atoms with Crippen LogP contribution in [0.25, 0.3) is 0 Å². The second kappa shape index (κ2) is 6.86. The van der Waals surface area contributed by atoms with E-state index in [1.807, 2.05) is 37.3 Å². The Labute approximate surface area is 103 Å². The van der Waals surface area contributed by atoms with E-state index in [2.05, 4.69) is 11.9 Å². The van der Waals surface area contributed by atoms with Crippen LogP contribution in [-0.4, -0.2) is 25.5 Å². The SMILES string of the molecule is C=CCNC(C)CC(=O)N(C)c1ccccc1. The molecule has 3 heteroatoms. The van der Waals surface area contributed by atoms with Crippen LogP contribution in [0.3, 0.4) is 0 Å². The standard InChI is InChI=1S/C14H20N2O/c1-4-10-15-12(2)11-14(17)16(3)13-8-6-5-7-9-13/h4-9,12,15H,1,10-11H2,2-3H3. The van der Waals surface area contributed by atoms with Crippen molar-refractivity contribution in [1.82, 2.24) is 5.32 Å². The summed E-state index contributed by atoms with van der Waals surface area (Å²) in [6.07, 6.45) is 2.28. The molecule has 1 atom stereocenters. The maximum atomic E-state index is 12.0. The minimum Gasteiger partial charge on any atom is -0.315 e. The summed E-state index contributed by atoms with van der Waals surface area (Å²) in [4.78, 5) is 13.7. The minimum absolute atomic E-state index is 0.111. The molecule has 0 aromatic heterocycles. The lowest BCUT2D eigenvalue weighted by Gasteiger charge is -2.20. The van der Waals surface area contributed by atoms with E-state index in [1.54, 1.807) is 18.0 Å². The first-order valence-electron chi connectivity index (χ1n) is 5.81. The van der Waals surface area contributed by atoms with Crippen LogP contribution in [0.1, 0.15) is 13.3 Å². The van der Waals surface area contributed by atoms with Gasteiger partial charge in [-0.1, -0.05) is 24.3 Å². The first kappa shape index (κ1) is 13.5. The molecule has 1 aromatic carbocycles. The third kappa shape index (κ3) is 4.41. The van der Waals surface area contributed by atoms with Gasteiger partial charge < -0.3 is 10.2 Å². The van der Waals surface area contributed by atoms with E-state index in [1.165, 1.54) is 0 Å². The van der Waals surface area contributed by atoms with E-state index in [9.17, 15) is 4.79 Å². The largest absolute Gasteiger partial charge is 0.315 e. The average Bonchev–Trinajstić information content (AvgIpc) is 2.36. The quantitative estimate of drug-likeness (QED) is 0.763. The normalized spacial score (nSPS) is 11.9. The Kier molecular flexibility index (Phi) is 5.43. The van der Waals surface area contributed by atoms with Gasteiger partial charge in [0.25, 0.3) is 0 Å². The van der Waals surface area contributed by atoms with Crippen molar-refractivity contribution in [3.05, 3.63) is 43.0 Å². The summed E-state index contributed by atoms with van der Waals surface area (Å²) in [6, 6.07) is 9.82. The lowest BCUT2D eigenvalue weighted by atomic mass is 10.2. The minimum atomic E-state index is 0.111. The van der Waals surface area contributed by atoms with Gasteiger partial charge in [0, 0.05) is 31.7 Å². The molecular formula is C14H20N2O. The third-order valence-electron chi connectivity index (χ3n) is 2.61. The third-order valence-corrected chi connectivity index (χ3v) is 2.61. The second-order valence-electron chi connectivity index (χ2n) is 4.09. The zero-order valence-corrected chi connectivity index (χ0v) is 10.5. The highest BCUT2D eigenvalue weighted by molar-refractivity contribution is 5.93. The topological polar surface area (TPSA) is 32.3 Å². The summed E-state index contributed by atoms with van der Waals surface area (Å²) in [5.41, 5.74) is 0.924. The van der Waals surface area contributed by atoms with Gasteiger partial charge in [0.05, 0.1) is 0 Å². The molecule has 92 valence electrons. The molecule has 0 spiro atoms. The highest BCUT2D eigenvalue weighted by Gasteiger charge is 2.13. The zero-order valence-electron chi connectivity index (χ0n) is 10.5. The fourth-order valence-electron chi connectivity index (χ4n) is 1.55. The summed E-state index contributed by atoms with van der Waals surface area (Å²) >= 11 is 0. The Balaban J connectivity index is 2.50. The molecule has 0 aliphatic carbocycles. The monoisotopic (exact) mass is 232 g/mol. The van der Waals surface area contributed by atoms with Crippen LogP contribution >= 0.6 is 0 Å². The van der Waals surface area contributed by atoms with Gasteiger partial charge in [-0.05, 0) is 19.1 Å². The molecule has 0 aliphatic rings. The molecule has 0 aliphatic heterocycles. The molecule has 1 N–H and O–H groups in total. The number of benzene rings is 1. The van der Waals surface area contributed by atoms with Crippen LogP contribution in [0.15, 0.2) is 43.0 Å². The van der Waals surface area contributed by atoms with Crippen molar-refractivity contribution < 1.29 is 4.79 Å². The maximum Gasteiger partial charge on any atom is 0.228 e. The van der Waals surface area contributed by atoms with E-state index in [4.69, 9.17) is 0 Å². The zero-order chi connectivity index (χ0) is 12.7. The number of para-hydroxylation sites is 1. The first-order chi connectivity index (χ1) is 8.15. The molecule has 1 aromatic rings. The number of carbonyl (C=O) groups excluding carboxylic acids is 1. The van der Waals surface area contributed by atoms with Crippen molar-refractivity contribution >= 4 is 11.6 Å². The number of rotatable bonds is 6. The Bertz CT molecular complexity index is 362. The van der Waals surface area contributed by atoms with Gasteiger partial charge in [-0.25, -0.2) is 0 Å². The van der Waals surface area contributed by atoms with Gasteiger partial charge >= 0.3 is 0 Å². The van der Waals surface area contributed by atoms with Gasteiger partial charge in [0.1, 0.15) is 0 Å². The summed E-state index contributed by atoms with van der Waals surface area (Å²) in [5.74, 6) is 0.111. The van der Waals surface area contributed by atoms with Gasteiger partial charge in [-0.2, -0.15) is 0 Å². The molecule has 1 amide bonds. The summed E-state index contributed by atoms with van der Waals surface area (Å²) in [6.45, 7) is 6.36. The number of anilines is 1. The van der Waals surface area contributed by atoms with Crippen LogP contribution in [-0.2, 0) is 4.79 Å². The van der Waals surface area contributed by atoms with Crippen LogP contribution in [0.4, 0.5) is 5.69 Å². The van der Waals surface area contributed by atoms with Crippen molar-refractivity contribution in [2.45, 2.75) is 19.4 Å². The second-order valence-corrected chi connectivity index (χ2v) is 4.09. The summed E-state index contributed by atoms with van der Waals surface area (Å²) in [7, 11) is 1.80. The van der Waals surface area contributed by atoms with Crippen LogP contribution in [0.2, 0.25) is 0 Å². The van der Waals surface area contributed by atoms with Crippen molar-refractivity contribution in [2.75, 3.05) is 18.5 Å². The number of nitrogens with one attached hydrogen (secondary N) is 1. The molecule has 0 fully saturated rings. The van der Waals surface area contributed by atoms with Crippen molar-refractivity contribution in [2.24, 2.45) is 0 Å². The Hall–Kier alpha value is -1.61. The highest BCUT2D eigenvalue weighted by atomic mass is 16.2. The number of amides is 1. The number of carbonyl (C=O) groups is 1. The summed E-state index contributed by atoms with van der Waals surface area (Å²) in [5, 5.41) is 3.20. The molecule has 3 nitrogen and oxygen atoms in total. The fourth-order valence-corrected chi connectivity index (χ4v) is 1.55. The highest BCUT2D eigenvalue weighted by Crippen LogP contribution is 2.12. The molecule has 17 heavy (non-hydrogen) atoms. The molecule has 0 heterocycles. The molecular weight excluding hydrogens is 212 g/mol. The first-order valence-corrected chi connectivity index (χ1v) is 5.81. The van der Waals surface area contributed by atoms with Crippen molar-refractivity contribution in [1.29, 1.82) is 0 Å². The number of hydrogen-bond acceptors (Lipinski definition) is 2. The Morgan fingerprint density at radius 1 is 1.47 bits per heavy atom. The van der Waals surface area contributed by atoms with E-state index in [0.717, 1.165) is 12.2 Å². The molecule has 0 bridgehead atoms. The Morgan fingerprint density at radius 3 is 2.71 bits per heavy atom. The van der Waals surface area contributed by atoms with Crippen molar-refractivity contribution in [3.8, 4) is 0 Å². The van der Waals surface area contributed by atoms with Gasteiger partial charge in [-0.15, -0.1) is 6.58 Å². The predicted molar refractivity (Wildman–Crippen MR) is 72.1 cm³/mol. The van der Waals surface area contributed by atoms with Gasteiger partial charge in [0.2, 0.25) is 5.91 Å². The van der Waals surface area contributed by atoms with Gasteiger partial charge in [-0.3, -0.25) is 4.79 Å². The molecule has 0 radical (unpaired) electrons. The van der Waals surface area contributed by atoms with E-state index < -0.39 is 0 Å². The van der Waals surface area contributed by atoms with Crippen molar-refractivity contribution in [3.63, 3.8) is 0 Å². The Morgan fingerprint density at radius 2 is 2.12 bits per heavy atom. The van der Waals surface area contributed by atoms with Gasteiger partial charge in [0.15, 0.2) is 0 Å². The number of nitrogens with zero attached hydrogens (tertiary/aromatic N) is 1. The fraction of sp³-hybridized carbons (Fsp3) is 0.357. The lowest BCUT2D eigenvalue weighted by Crippen LogP contribution is -2.35. The van der Waals surface area contributed by atoms with Crippen LogP contribution in [0.5, 0.6) is 0 Å². The van der Waals surface area contributed by atoms with E-state index in [0.29, 0.717) is 6.42 Å². The molecule has 0 saturated heterocycles. The smallest absolute Gasteiger partial charge is 0.228 e. The van der Waals surface area contributed by atoms with E-state index >= 15 is 0 Å². The van der Waals surface area contributed by atoms with E-state index in [-0.39, 0.29) is 11.9 Å². The predicted octanol–water partition coefficient (Wildman–Crippen LogP) is 2.20. The maximum absolute atomic E-state index is 12.0. The molecule has 0 saturated carbocycles. The van der Waals surface area contributed by atoms with Crippen LogP contribution in [0, 0.1) is 0 Å². The number of hydrogen-bond donors (Lipinski definition) is 1. The summed E-state index contributed by atoms with van der Waals surface area (Å²) < 4.78 is 0.